The first-order chi connectivity index (χ1) is 13.6. The number of ether oxygens (including phenoxy) is 1. The normalized spacial score (nSPS) is 25.5. The van der Waals surface area contributed by atoms with Crippen molar-refractivity contribution < 1.29 is 19.1 Å². The highest BCUT2D eigenvalue weighted by Crippen LogP contribution is 2.41. The second-order valence-corrected chi connectivity index (χ2v) is 7.23. The fraction of sp³-hybridized carbons (Fsp3) is 0.238. The highest BCUT2D eigenvalue weighted by molar-refractivity contribution is 6.42. The standard InChI is InChI=1S/C21H17N3O4/c25-20-19(14-9-11-17(12-10-14)24(26)27)23-21(28-20,16-6-2-1-3-7-16)13-15-5-4-8-18(15)22-23/h1-3,6-7,9-13,18H,4-5,8H2/p+1/t18-,21-/m1/s1. The summed E-state index contributed by atoms with van der Waals surface area (Å²) in [7, 11) is 0. The summed E-state index contributed by atoms with van der Waals surface area (Å²) in [5, 5.41) is 11.0. The SMILES string of the molecule is O=C1O[C@@]2(c3ccccc3)C=C3CCC[C@H]3N[N+]2=C1c1ccc([N+](=O)[O-])cc1. The molecule has 0 unspecified atom stereocenters. The van der Waals surface area contributed by atoms with E-state index in [1.165, 1.54) is 17.7 Å². The molecule has 1 saturated carbocycles. The van der Waals surface area contributed by atoms with Gasteiger partial charge in [-0.1, -0.05) is 22.9 Å². The molecule has 2 heterocycles. The Labute approximate surface area is 161 Å². The van der Waals surface area contributed by atoms with Crippen molar-refractivity contribution in [1.29, 1.82) is 0 Å². The number of esters is 1. The Hall–Kier alpha value is -3.48. The molecular formula is C21H18N3O4+. The molecule has 0 aromatic heterocycles. The highest BCUT2D eigenvalue weighted by Gasteiger charge is 2.60. The number of benzene rings is 2. The maximum atomic E-state index is 13.0. The van der Waals surface area contributed by atoms with Gasteiger partial charge in [-0.25, -0.2) is 4.79 Å². The number of hydrogen-bond acceptors (Lipinski definition) is 5. The zero-order chi connectivity index (χ0) is 19.3. The second-order valence-electron chi connectivity index (χ2n) is 7.23. The summed E-state index contributed by atoms with van der Waals surface area (Å²) in [5.74, 6) is -0.456. The number of nitro groups is 1. The van der Waals surface area contributed by atoms with Crippen LogP contribution in [0.15, 0.2) is 66.2 Å². The summed E-state index contributed by atoms with van der Waals surface area (Å²) in [5.41, 5.74) is 5.45. The van der Waals surface area contributed by atoms with Gasteiger partial charge in [-0.15, -0.1) is 0 Å². The number of nitrogens with zero attached hydrogens (tertiary/aromatic N) is 2. The molecule has 7 heteroatoms. The zero-order valence-corrected chi connectivity index (χ0v) is 15.0. The summed E-state index contributed by atoms with van der Waals surface area (Å²) < 4.78 is 7.77. The van der Waals surface area contributed by atoms with Crippen LogP contribution in [0.1, 0.15) is 30.4 Å². The molecule has 1 aliphatic carbocycles. The van der Waals surface area contributed by atoms with Crippen LogP contribution in [0.2, 0.25) is 0 Å². The Balaban J connectivity index is 1.71. The number of hydrazine groups is 1. The van der Waals surface area contributed by atoms with Gasteiger partial charge < -0.3 is 4.74 Å². The first-order valence-corrected chi connectivity index (χ1v) is 9.27. The van der Waals surface area contributed by atoms with Crippen molar-refractivity contribution in [2.24, 2.45) is 0 Å². The van der Waals surface area contributed by atoms with Gasteiger partial charge in [0.15, 0.2) is 0 Å². The highest BCUT2D eigenvalue weighted by atomic mass is 16.6. The first kappa shape index (κ1) is 16.7. The van der Waals surface area contributed by atoms with Crippen LogP contribution in [-0.4, -0.2) is 27.3 Å². The summed E-state index contributed by atoms with van der Waals surface area (Å²) >= 11 is 0. The predicted octanol–water partition coefficient (Wildman–Crippen LogP) is 2.80. The molecule has 140 valence electrons. The van der Waals surface area contributed by atoms with Crippen molar-refractivity contribution in [2.75, 3.05) is 0 Å². The Morgan fingerprint density at radius 1 is 1.14 bits per heavy atom. The van der Waals surface area contributed by atoms with E-state index in [0.717, 1.165) is 24.8 Å². The van der Waals surface area contributed by atoms with Gasteiger partial charge in [-0.05, 0) is 49.1 Å². The van der Waals surface area contributed by atoms with Crippen molar-refractivity contribution in [1.82, 2.24) is 5.43 Å². The zero-order valence-electron chi connectivity index (χ0n) is 15.0. The summed E-state index contributed by atoms with van der Waals surface area (Å²) in [4.78, 5) is 23.5. The minimum Gasteiger partial charge on any atom is -0.382 e. The van der Waals surface area contributed by atoms with Gasteiger partial charge in [0.1, 0.15) is 6.04 Å². The number of fused-ring (bicyclic) bond motifs is 2. The van der Waals surface area contributed by atoms with Crippen LogP contribution in [0.3, 0.4) is 0 Å². The first-order valence-electron chi connectivity index (χ1n) is 9.27. The van der Waals surface area contributed by atoms with Crippen LogP contribution >= 0.6 is 0 Å². The topological polar surface area (TPSA) is 84.5 Å². The van der Waals surface area contributed by atoms with E-state index in [4.69, 9.17) is 4.74 Å². The van der Waals surface area contributed by atoms with Gasteiger partial charge in [-0.3, -0.25) is 10.1 Å². The third-order valence-electron chi connectivity index (χ3n) is 5.61. The molecular weight excluding hydrogens is 358 g/mol. The lowest BCUT2D eigenvalue weighted by molar-refractivity contribution is -0.692. The summed E-state index contributed by atoms with van der Waals surface area (Å²) in [6.45, 7) is 0. The third-order valence-corrected chi connectivity index (χ3v) is 5.61. The Kier molecular flexibility index (Phi) is 3.58. The van der Waals surface area contributed by atoms with Crippen LogP contribution in [0.5, 0.6) is 0 Å². The minimum absolute atomic E-state index is 0.0189. The van der Waals surface area contributed by atoms with E-state index in [1.807, 2.05) is 30.3 Å². The summed E-state index contributed by atoms with van der Waals surface area (Å²) in [6, 6.07) is 15.8. The number of hydrogen-bond donors (Lipinski definition) is 1. The molecule has 2 aromatic rings. The van der Waals surface area contributed by atoms with E-state index in [9.17, 15) is 14.9 Å². The molecule has 2 atom stereocenters. The average Bonchev–Trinajstić information content (AvgIpc) is 3.27. The molecule has 0 spiro atoms. The van der Waals surface area contributed by atoms with Crippen LogP contribution in [-0.2, 0) is 15.3 Å². The Bertz CT molecular complexity index is 1040. The molecule has 28 heavy (non-hydrogen) atoms. The van der Waals surface area contributed by atoms with E-state index in [2.05, 4.69) is 11.5 Å². The van der Waals surface area contributed by atoms with E-state index in [1.54, 1.807) is 16.8 Å². The van der Waals surface area contributed by atoms with Crippen molar-refractivity contribution in [2.45, 2.75) is 31.0 Å². The largest absolute Gasteiger partial charge is 0.412 e. The maximum absolute atomic E-state index is 13.0. The average molecular weight is 376 g/mol. The molecule has 0 saturated heterocycles. The van der Waals surface area contributed by atoms with Gasteiger partial charge in [0, 0.05) is 18.2 Å². The molecule has 3 aliphatic rings. The smallest absolute Gasteiger partial charge is 0.382 e. The molecule has 7 nitrogen and oxygen atoms in total. The van der Waals surface area contributed by atoms with Crippen LogP contribution < -0.4 is 5.43 Å². The molecule has 1 N–H and O–H groups in total. The lowest BCUT2D eigenvalue weighted by atomic mass is 9.95. The fourth-order valence-electron chi connectivity index (χ4n) is 4.28. The van der Waals surface area contributed by atoms with Gasteiger partial charge in [0.2, 0.25) is 0 Å². The Morgan fingerprint density at radius 2 is 1.89 bits per heavy atom. The van der Waals surface area contributed by atoms with Gasteiger partial charge in [0.25, 0.3) is 5.69 Å². The number of carbonyl (C=O) groups is 1. The second kappa shape index (κ2) is 6.02. The van der Waals surface area contributed by atoms with Gasteiger partial charge in [0.05, 0.1) is 16.1 Å². The minimum atomic E-state index is -1.05. The van der Waals surface area contributed by atoms with E-state index >= 15 is 0 Å². The van der Waals surface area contributed by atoms with E-state index < -0.39 is 16.6 Å². The lowest BCUT2D eigenvalue weighted by Crippen LogP contribution is -2.53. The lowest BCUT2D eigenvalue weighted by Gasteiger charge is -2.29. The molecule has 0 amide bonds. The van der Waals surface area contributed by atoms with Crippen molar-refractivity contribution in [3.05, 3.63) is 87.5 Å². The molecule has 2 aromatic carbocycles. The van der Waals surface area contributed by atoms with Crippen molar-refractivity contribution in [3.63, 3.8) is 0 Å². The van der Waals surface area contributed by atoms with Gasteiger partial charge in [-0.2, -0.15) is 5.43 Å². The fourth-order valence-corrected chi connectivity index (χ4v) is 4.28. The van der Waals surface area contributed by atoms with Crippen LogP contribution in [0.25, 0.3) is 0 Å². The van der Waals surface area contributed by atoms with Gasteiger partial charge >= 0.3 is 17.4 Å². The molecule has 5 rings (SSSR count). The number of nitro benzene ring substituents is 1. The van der Waals surface area contributed by atoms with Crippen molar-refractivity contribution in [3.8, 4) is 0 Å². The molecule has 0 bridgehead atoms. The van der Waals surface area contributed by atoms with E-state index in [-0.39, 0.29) is 11.7 Å². The number of hydrazone groups is 1. The predicted molar refractivity (Wildman–Crippen MR) is 101 cm³/mol. The quantitative estimate of drug-likeness (QED) is 0.293. The van der Waals surface area contributed by atoms with Crippen molar-refractivity contribution >= 4 is 17.4 Å². The van der Waals surface area contributed by atoms with E-state index in [0.29, 0.717) is 11.3 Å². The third kappa shape index (κ3) is 2.36. The number of nitrogens with one attached hydrogen (secondary N) is 1. The number of rotatable bonds is 3. The number of non-ortho nitro benzene ring substituents is 1. The maximum Gasteiger partial charge on any atom is 0.412 e. The molecule has 2 aliphatic heterocycles. The monoisotopic (exact) mass is 376 g/mol. The number of carbonyl (C=O) groups excluding carboxylic acids is 1. The van der Waals surface area contributed by atoms with Crippen LogP contribution in [0.4, 0.5) is 5.69 Å². The van der Waals surface area contributed by atoms with Crippen LogP contribution in [0, 0.1) is 10.1 Å². The molecule has 0 radical (unpaired) electrons. The molecule has 1 fully saturated rings. The Morgan fingerprint density at radius 3 is 2.61 bits per heavy atom. The summed E-state index contributed by atoms with van der Waals surface area (Å²) in [6.07, 6.45) is 5.12.